The van der Waals surface area contributed by atoms with Crippen molar-refractivity contribution in [2.45, 2.75) is 51.0 Å². The summed E-state index contributed by atoms with van der Waals surface area (Å²) in [5.41, 5.74) is 2.91. The summed E-state index contributed by atoms with van der Waals surface area (Å²) in [7, 11) is 0. The van der Waals surface area contributed by atoms with Gasteiger partial charge in [0, 0.05) is 36.6 Å². The maximum Gasteiger partial charge on any atom is 0.230 e. The largest absolute Gasteiger partial charge is 0.336 e. The molecule has 3 aliphatic rings. The molecule has 2 unspecified atom stereocenters. The SMILES string of the molecule is CC(C)c1ccc2c(c1)C(=O)CC2C(=O)N1CCSCC1CN1CCCC1. The summed E-state index contributed by atoms with van der Waals surface area (Å²) >= 11 is 1.95. The Hall–Kier alpha value is -1.33. The Morgan fingerprint density at radius 1 is 1.22 bits per heavy atom. The zero-order chi connectivity index (χ0) is 19.0. The van der Waals surface area contributed by atoms with Gasteiger partial charge in [-0.2, -0.15) is 11.8 Å². The number of Topliss-reactive ketones (excluding diaryl/α,β-unsaturated/α-hetero) is 1. The molecule has 2 heterocycles. The molecule has 1 aliphatic carbocycles. The third-order valence-electron chi connectivity index (χ3n) is 6.29. The van der Waals surface area contributed by atoms with Gasteiger partial charge in [-0.15, -0.1) is 0 Å². The van der Waals surface area contributed by atoms with Crippen LogP contribution in [0.2, 0.25) is 0 Å². The van der Waals surface area contributed by atoms with E-state index < -0.39 is 0 Å². The lowest BCUT2D eigenvalue weighted by Crippen LogP contribution is -2.52. The van der Waals surface area contributed by atoms with Crippen molar-refractivity contribution in [2.24, 2.45) is 0 Å². The summed E-state index contributed by atoms with van der Waals surface area (Å²) < 4.78 is 0. The van der Waals surface area contributed by atoms with E-state index in [0.29, 0.717) is 12.3 Å². The molecule has 0 N–H and O–H groups in total. The summed E-state index contributed by atoms with van der Waals surface area (Å²) in [4.78, 5) is 30.7. The summed E-state index contributed by atoms with van der Waals surface area (Å²) in [6.45, 7) is 8.39. The van der Waals surface area contributed by atoms with Crippen molar-refractivity contribution in [1.29, 1.82) is 0 Å². The number of nitrogens with zero attached hydrogens (tertiary/aromatic N) is 2. The maximum absolute atomic E-state index is 13.5. The van der Waals surface area contributed by atoms with Crippen LogP contribution in [-0.2, 0) is 4.79 Å². The van der Waals surface area contributed by atoms with Gasteiger partial charge in [0.2, 0.25) is 5.91 Å². The number of likely N-dealkylation sites (tertiary alicyclic amines) is 1. The Balaban J connectivity index is 1.54. The Labute approximate surface area is 166 Å². The molecular formula is C22H30N2O2S. The number of carbonyl (C=O) groups excluding carboxylic acids is 2. The summed E-state index contributed by atoms with van der Waals surface area (Å²) in [6.07, 6.45) is 2.89. The highest BCUT2D eigenvalue weighted by atomic mass is 32.2. The first-order chi connectivity index (χ1) is 13.0. The van der Waals surface area contributed by atoms with Crippen molar-refractivity contribution < 1.29 is 9.59 Å². The lowest BCUT2D eigenvalue weighted by atomic mass is 9.94. The third-order valence-corrected chi connectivity index (χ3v) is 7.38. The molecule has 0 saturated carbocycles. The van der Waals surface area contributed by atoms with Gasteiger partial charge in [-0.1, -0.05) is 26.0 Å². The maximum atomic E-state index is 13.5. The molecule has 2 atom stereocenters. The molecule has 0 aromatic heterocycles. The second kappa shape index (κ2) is 7.96. The quantitative estimate of drug-likeness (QED) is 0.794. The van der Waals surface area contributed by atoms with Crippen molar-refractivity contribution in [3.63, 3.8) is 0 Å². The van der Waals surface area contributed by atoms with Crippen LogP contribution in [0.15, 0.2) is 18.2 Å². The zero-order valence-electron chi connectivity index (χ0n) is 16.4. The van der Waals surface area contributed by atoms with E-state index in [-0.39, 0.29) is 23.7 Å². The molecule has 5 heteroatoms. The van der Waals surface area contributed by atoms with Crippen molar-refractivity contribution in [3.8, 4) is 0 Å². The Kier molecular flexibility index (Phi) is 5.60. The molecule has 2 fully saturated rings. The van der Waals surface area contributed by atoms with E-state index in [2.05, 4.69) is 29.7 Å². The molecule has 1 amide bonds. The predicted molar refractivity (Wildman–Crippen MR) is 111 cm³/mol. The number of thioether (sulfide) groups is 1. The first kappa shape index (κ1) is 19.0. The summed E-state index contributed by atoms with van der Waals surface area (Å²) in [6, 6.07) is 6.43. The Morgan fingerprint density at radius 3 is 2.74 bits per heavy atom. The van der Waals surface area contributed by atoms with Crippen molar-refractivity contribution >= 4 is 23.5 Å². The minimum atomic E-state index is -0.280. The molecule has 4 nitrogen and oxygen atoms in total. The van der Waals surface area contributed by atoms with Crippen LogP contribution in [0.5, 0.6) is 0 Å². The average molecular weight is 387 g/mol. The molecule has 0 spiro atoms. The van der Waals surface area contributed by atoms with Gasteiger partial charge in [-0.25, -0.2) is 0 Å². The van der Waals surface area contributed by atoms with Crippen molar-refractivity contribution in [3.05, 3.63) is 34.9 Å². The van der Waals surface area contributed by atoms with Crippen LogP contribution in [0, 0.1) is 0 Å². The number of amides is 1. The van der Waals surface area contributed by atoms with Gasteiger partial charge < -0.3 is 9.80 Å². The number of hydrogen-bond donors (Lipinski definition) is 0. The number of benzene rings is 1. The van der Waals surface area contributed by atoms with E-state index in [0.717, 1.165) is 48.8 Å². The highest BCUT2D eigenvalue weighted by molar-refractivity contribution is 7.99. The lowest BCUT2D eigenvalue weighted by molar-refractivity contribution is -0.134. The van der Waals surface area contributed by atoms with E-state index >= 15 is 0 Å². The smallest absolute Gasteiger partial charge is 0.230 e. The van der Waals surface area contributed by atoms with Crippen molar-refractivity contribution in [2.75, 3.05) is 37.7 Å². The Bertz CT molecular complexity index is 727. The van der Waals surface area contributed by atoms with Gasteiger partial charge in [0.25, 0.3) is 0 Å². The topological polar surface area (TPSA) is 40.6 Å². The second-order valence-corrected chi connectivity index (χ2v) is 9.60. The number of carbonyl (C=O) groups is 2. The average Bonchev–Trinajstić information content (AvgIpc) is 3.29. The molecule has 1 aromatic carbocycles. The highest BCUT2D eigenvalue weighted by Crippen LogP contribution is 2.37. The monoisotopic (exact) mass is 386 g/mol. The van der Waals surface area contributed by atoms with Crippen LogP contribution in [0.1, 0.15) is 66.4 Å². The summed E-state index contributed by atoms with van der Waals surface area (Å²) in [5, 5.41) is 0. The fraction of sp³-hybridized carbons (Fsp3) is 0.636. The van der Waals surface area contributed by atoms with Gasteiger partial charge in [-0.05, 0) is 49.0 Å². The lowest BCUT2D eigenvalue weighted by Gasteiger charge is -2.39. The third kappa shape index (κ3) is 3.81. The van der Waals surface area contributed by atoms with E-state index in [9.17, 15) is 9.59 Å². The number of ketones is 1. The molecule has 1 aromatic rings. The van der Waals surface area contributed by atoms with Gasteiger partial charge in [0.05, 0.1) is 12.0 Å². The van der Waals surface area contributed by atoms with Gasteiger partial charge >= 0.3 is 0 Å². The minimum Gasteiger partial charge on any atom is -0.336 e. The number of rotatable bonds is 4. The van der Waals surface area contributed by atoms with E-state index in [4.69, 9.17) is 0 Å². The fourth-order valence-corrected chi connectivity index (χ4v) is 5.71. The van der Waals surface area contributed by atoms with Crippen LogP contribution in [0.3, 0.4) is 0 Å². The van der Waals surface area contributed by atoms with Crippen LogP contribution in [0.4, 0.5) is 0 Å². The molecule has 27 heavy (non-hydrogen) atoms. The standard InChI is InChI=1S/C22H30N2O2S/c1-15(2)16-5-6-18-19(11-16)21(25)12-20(18)22(26)24-9-10-27-14-17(24)13-23-7-3-4-8-23/h5-6,11,15,17,20H,3-4,7-10,12-14H2,1-2H3. The summed E-state index contributed by atoms with van der Waals surface area (Å²) in [5.74, 6) is 2.43. The molecule has 0 bridgehead atoms. The van der Waals surface area contributed by atoms with Gasteiger partial charge in [0.1, 0.15) is 0 Å². The fourth-order valence-electron chi connectivity index (χ4n) is 4.66. The Morgan fingerprint density at radius 2 is 2.00 bits per heavy atom. The molecule has 146 valence electrons. The molecule has 2 saturated heterocycles. The van der Waals surface area contributed by atoms with Gasteiger partial charge in [0.15, 0.2) is 5.78 Å². The highest BCUT2D eigenvalue weighted by Gasteiger charge is 2.39. The first-order valence-electron chi connectivity index (χ1n) is 10.3. The van der Waals surface area contributed by atoms with Crippen LogP contribution < -0.4 is 0 Å². The van der Waals surface area contributed by atoms with E-state index in [1.807, 2.05) is 23.9 Å². The van der Waals surface area contributed by atoms with E-state index in [1.165, 1.54) is 18.4 Å². The van der Waals surface area contributed by atoms with Crippen LogP contribution >= 0.6 is 11.8 Å². The van der Waals surface area contributed by atoms with E-state index in [1.54, 1.807) is 0 Å². The minimum absolute atomic E-state index is 0.133. The second-order valence-electron chi connectivity index (χ2n) is 8.45. The van der Waals surface area contributed by atoms with Crippen LogP contribution in [-0.4, -0.2) is 65.2 Å². The molecule has 0 radical (unpaired) electrons. The first-order valence-corrected chi connectivity index (χ1v) is 11.5. The molecule has 4 rings (SSSR count). The number of hydrogen-bond acceptors (Lipinski definition) is 4. The van der Waals surface area contributed by atoms with Gasteiger partial charge in [-0.3, -0.25) is 9.59 Å². The zero-order valence-corrected chi connectivity index (χ0v) is 17.3. The van der Waals surface area contributed by atoms with Crippen LogP contribution in [0.25, 0.3) is 0 Å². The normalized spacial score (nSPS) is 26.0. The van der Waals surface area contributed by atoms with Crippen molar-refractivity contribution in [1.82, 2.24) is 9.80 Å². The number of fused-ring (bicyclic) bond motifs is 1. The predicted octanol–water partition coefficient (Wildman–Crippen LogP) is 3.52. The molecule has 2 aliphatic heterocycles. The molecular weight excluding hydrogens is 356 g/mol.